The number of carbonyl (C=O) groups excluding carboxylic acids is 1. The quantitative estimate of drug-likeness (QED) is 0.705. The van der Waals surface area contributed by atoms with Crippen LogP contribution in [0.3, 0.4) is 0 Å². The highest BCUT2D eigenvalue weighted by Gasteiger charge is 2.35. The minimum absolute atomic E-state index is 0.153. The van der Waals surface area contributed by atoms with Crippen LogP contribution in [0.25, 0.3) is 0 Å². The Hall–Kier alpha value is -0.730. The zero-order valence-corrected chi connectivity index (χ0v) is 10.5. The molecule has 1 rings (SSSR count). The van der Waals surface area contributed by atoms with Crippen LogP contribution in [0.5, 0.6) is 0 Å². The Morgan fingerprint density at radius 1 is 1.47 bits per heavy atom. The van der Waals surface area contributed by atoms with Crippen LogP contribution >= 0.6 is 0 Å². The maximum absolute atomic E-state index is 11.7. The molecular weight excluding hydrogens is 190 g/mol. The van der Waals surface area contributed by atoms with Gasteiger partial charge in [-0.15, -0.1) is 0 Å². The Morgan fingerprint density at radius 3 is 2.40 bits per heavy atom. The van der Waals surface area contributed by atoms with Crippen molar-refractivity contribution in [2.24, 2.45) is 5.92 Å². The van der Waals surface area contributed by atoms with Crippen molar-refractivity contribution < 1.29 is 9.53 Å². The second-order valence-electron chi connectivity index (χ2n) is 5.75. The summed E-state index contributed by atoms with van der Waals surface area (Å²) < 4.78 is 5.34. The molecule has 1 amide bonds. The normalized spacial score (nSPS) is 21.5. The second-order valence-corrected chi connectivity index (χ2v) is 5.75. The van der Waals surface area contributed by atoms with E-state index in [1.807, 2.05) is 25.7 Å². The first kappa shape index (κ1) is 12.3. The van der Waals surface area contributed by atoms with E-state index in [-0.39, 0.29) is 11.7 Å². The van der Waals surface area contributed by atoms with Gasteiger partial charge < -0.3 is 9.64 Å². The van der Waals surface area contributed by atoms with Crippen molar-refractivity contribution in [3.63, 3.8) is 0 Å². The number of rotatable bonds is 2. The van der Waals surface area contributed by atoms with Gasteiger partial charge in [-0.2, -0.15) is 0 Å². The SMILES string of the molecule is CC(C)CC1CCN1C(=O)OC(C)(C)C. The maximum atomic E-state index is 11.7. The Morgan fingerprint density at radius 2 is 2.07 bits per heavy atom. The van der Waals surface area contributed by atoms with Crippen LogP contribution in [-0.4, -0.2) is 29.2 Å². The van der Waals surface area contributed by atoms with Gasteiger partial charge in [-0.05, 0) is 39.5 Å². The smallest absolute Gasteiger partial charge is 0.410 e. The fourth-order valence-corrected chi connectivity index (χ4v) is 1.79. The minimum Gasteiger partial charge on any atom is -0.444 e. The number of hydrogen-bond donors (Lipinski definition) is 0. The Labute approximate surface area is 92.8 Å². The average molecular weight is 213 g/mol. The third-order valence-corrected chi connectivity index (χ3v) is 2.52. The van der Waals surface area contributed by atoms with E-state index in [2.05, 4.69) is 13.8 Å². The van der Waals surface area contributed by atoms with Crippen molar-refractivity contribution in [3.05, 3.63) is 0 Å². The molecule has 1 heterocycles. The lowest BCUT2D eigenvalue weighted by Gasteiger charge is -2.42. The van der Waals surface area contributed by atoms with E-state index in [0.717, 1.165) is 19.4 Å². The minimum atomic E-state index is -0.380. The van der Waals surface area contributed by atoms with Crippen molar-refractivity contribution in [3.8, 4) is 0 Å². The summed E-state index contributed by atoms with van der Waals surface area (Å²) in [7, 11) is 0. The van der Waals surface area contributed by atoms with Crippen LogP contribution in [0.15, 0.2) is 0 Å². The van der Waals surface area contributed by atoms with Crippen molar-refractivity contribution >= 4 is 6.09 Å². The molecule has 1 aliphatic rings. The van der Waals surface area contributed by atoms with Crippen LogP contribution in [0, 0.1) is 5.92 Å². The van der Waals surface area contributed by atoms with E-state index in [1.165, 1.54) is 0 Å². The molecule has 1 atom stereocenters. The van der Waals surface area contributed by atoms with Crippen LogP contribution in [0.2, 0.25) is 0 Å². The largest absolute Gasteiger partial charge is 0.444 e. The van der Waals surface area contributed by atoms with Crippen molar-refractivity contribution in [1.29, 1.82) is 0 Å². The molecule has 3 nitrogen and oxygen atoms in total. The van der Waals surface area contributed by atoms with Crippen LogP contribution < -0.4 is 0 Å². The highest BCUT2D eigenvalue weighted by Crippen LogP contribution is 2.25. The summed E-state index contributed by atoms with van der Waals surface area (Å²) in [6.45, 7) is 10.9. The molecule has 0 bridgehead atoms. The third-order valence-electron chi connectivity index (χ3n) is 2.52. The molecule has 88 valence electrons. The fraction of sp³-hybridized carbons (Fsp3) is 0.917. The molecule has 1 fully saturated rings. The van der Waals surface area contributed by atoms with Gasteiger partial charge in [0.15, 0.2) is 0 Å². The molecule has 3 heteroatoms. The summed E-state index contributed by atoms with van der Waals surface area (Å²) in [5, 5.41) is 0. The monoisotopic (exact) mass is 213 g/mol. The van der Waals surface area contributed by atoms with E-state index in [9.17, 15) is 4.79 Å². The third kappa shape index (κ3) is 3.73. The van der Waals surface area contributed by atoms with E-state index in [4.69, 9.17) is 4.74 Å². The fourth-order valence-electron chi connectivity index (χ4n) is 1.79. The van der Waals surface area contributed by atoms with Gasteiger partial charge in [0.05, 0.1) is 0 Å². The Balaban J connectivity index is 2.41. The number of likely N-dealkylation sites (tertiary alicyclic amines) is 1. The highest BCUT2D eigenvalue weighted by atomic mass is 16.6. The summed E-state index contributed by atoms with van der Waals surface area (Å²) in [6.07, 6.45) is 2.05. The second kappa shape index (κ2) is 4.42. The van der Waals surface area contributed by atoms with Gasteiger partial charge in [0, 0.05) is 12.6 Å². The van der Waals surface area contributed by atoms with Gasteiger partial charge in [-0.1, -0.05) is 13.8 Å². The lowest BCUT2D eigenvalue weighted by molar-refractivity contribution is -0.00873. The zero-order valence-electron chi connectivity index (χ0n) is 10.5. The topological polar surface area (TPSA) is 29.5 Å². The first-order valence-corrected chi connectivity index (χ1v) is 5.79. The van der Waals surface area contributed by atoms with Crippen molar-refractivity contribution in [2.45, 2.75) is 59.1 Å². The molecule has 1 aliphatic heterocycles. The number of amides is 1. The standard InChI is InChI=1S/C12H23NO2/c1-9(2)8-10-6-7-13(10)11(14)15-12(3,4)5/h9-10H,6-8H2,1-5H3. The zero-order chi connectivity index (χ0) is 11.6. The molecule has 0 spiro atoms. The van der Waals surface area contributed by atoms with Crippen molar-refractivity contribution in [2.75, 3.05) is 6.54 Å². The highest BCUT2D eigenvalue weighted by molar-refractivity contribution is 5.69. The number of hydrogen-bond acceptors (Lipinski definition) is 2. The van der Waals surface area contributed by atoms with Crippen molar-refractivity contribution in [1.82, 2.24) is 4.90 Å². The lowest BCUT2D eigenvalue weighted by Crippen LogP contribution is -2.53. The molecule has 0 aromatic rings. The number of ether oxygens (including phenoxy) is 1. The lowest BCUT2D eigenvalue weighted by atomic mass is 9.94. The number of carbonyl (C=O) groups is 1. The Kier molecular flexibility index (Phi) is 3.63. The molecule has 0 radical (unpaired) electrons. The molecule has 0 saturated carbocycles. The van der Waals surface area contributed by atoms with E-state index < -0.39 is 0 Å². The first-order chi connectivity index (χ1) is 6.79. The summed E-state index contributed by atoms with van der Waals surface area (Å²) in [6, 6.07) is 0.403. The van der Waals surface area contributed by atoms with Gasteiger partial charge in [0.25, 0.3) is 0 Å². The summed E-state index contributed by atoms with van der Waals surface area (Å²) in [5.74, 6) is 0.639. The predicted molar refractivity (Wildman–Crippen MR) is 60.8 cm³/mol. The maximum Gasteiger partial charge on any atom is 0.410 e. The van der Waals surface area contributed by atoms with Gasteiger partial charge in [0.1, 0.15) is 5.60 Å². The molecule has 1 saturated heterocycles. The van der Waals surface area contributed by atoms with Crippen LogP contribution in [0.1, 0.15) is 47.5 Å². The van der Waals surface area contributed by atoms with Crippen LogP contribution in [-0.2, 0) is 4.74 Å². The number of nitrogens with zero attached hydrogens (tertiary/aromatic N) is 1. The van der Waals surface area contributed by atoms with Gasteiger partial charge in [-0.25, -0.2) is 4.79 Å². The van der Waals surface area contributed by atoms with Gasteiger partial charge in [-0.3, -0.25) is 0 Å². The summed E-state index contributed by atoms with van der Waals surface area (Å²) in [4.78, 5) is 13.6. The molecule has 15 heavy (non-hydrogen) atoms. The first-order valence-electron chi connectivity index (χ1n) is 5.79. The molecular formula is C12H23NO2. The molecule has 0 N–H and O–H groups in total. The van der Waals surface area contributed by atoms with E-state index in [1.54, 1.807) is 0 Å². The van der Waals surface area contributed by atoms with E-state index in [0.29, 0.717) is 12.0 Å². The Bertz CT molecular complexity index is 230. The summed E-state index contributed by atoms with van der Waals surface area (Å²) in [5.41, 5.74) is -0.380. The molecule has 0 aromatic carbocycles. The van der Waals surface area contributed by atoms with Gasteiger partial charge in [0.2, 0.25) is 0 Å². The molecule has 1 unspecified atom stereocenters. The molecule has 0 aromatic heterocycles. The van der Waals surface area contributed by atoms with Crippen LogP contribution in [0.4, 0.5) is 4.79 Å². The van der Waals surface area contributed by atoms with E-state index >= 15 is 0 Å². The average Bonchev–Trinajstić information content (AvgIpc) is 1.93. The predicted octanol–water partition coefficient (Wildman–Crippen LogP) is 3.04. The van der Waals surface area contributed by atoms with Gasteiger partial charge >= 0.3 is 6.09 Å². The summed E-state index contributed by atoms with van der Waals surface area (Å²) >= 11 is 0. The molecule has 0 aliphatic carbocycles.